The topological polar surface area (TPSA) is 86.6 Å². The van der Waals surface area contributed by atoms with Crippen LogP contribution in [0.15, 0.2) is 24.3 Å². The van der Waals surface area contributed by atoms with Gasteiger partial charge in [-0.3, -0.25) is 4.79 Å². The second kappa shape index (κ2) is 6.78. The first-order chi connectivity index (χ1) is 10.0. The zero-order valence-corrected chi connectivity index (χ0v) is 11.9. The molecule has 0 bridgehead atoms. The van der Waals surface area contributed by atoms with Crippen LogP contribution in [0.5, 0.6) is 0 Å². The van der Waals surface area contributed by atoms with E-state index in [0.29, 0.717) is 0 Å². The van der Waals surface area contributed by atoms with Gasteiger partial charge in [0.05, 0.1) is 5.56 Å². The molecule has 0 aromatic heterocycles. The van der Waals surface area contributed by atoms with Crippen molar-refractivity contribution in [3.8, 4) is 0 Å². The van der Waals surface area contributed by atoms with E-state index in [4.69, 9.17) is 5.11 Å². The molecule has 0 spiro atoms. The van der Waals surface area contributed by atoms with Gasteiger partial charge in [0.15, 0.2) is 6.10 Å². The number of benzene rings is 1. The molecule has 1 rings (SSSR count). The highest BCUT2D eigenvalue weighted by atomic mass is 19.4. The van der Waals surface area contributed by atoms with Crippen molar-refractivity contribution in [1.29, 1.82) is 0 Å². The Morgan fingerprint density at radius 1 is 1.14 bits per heavy atom. The molecule has 0 saturated heterocycles. The average Bonchev–Trinajstić information content (AvgIpc) is 2.42. The van der Waals surface area contributed by atoms with Gasteiger partial charge in [0.2, 0.25) is 0 Å². The van der Waals surface area contributed by atoms with Gasteiger partial charge in [-0.15, -0.1) is 0 Å². The molecule has 5 nitrogen and oxygen atoms in total. The highest BCUT2D eigenvalue weighted by Crippen LogP contribution is 2.29. The van der Waals surface area contributed by atoms with Gasteiger partial charge in [0.25, 0.3) is 5.91 Å². The zero-order valence-electron chi connectivity index (χ0n) is 11.9. The molecular weight excluding hydrogens is 303 g/mol. The Kier molecular flexibility index (Phi) is 5.54. The van der Waals surface area contributed by atoms with Crippen molar-refractivity contribution in [2.75, 3.05) is 0 Å². The first-order valence-corrected chi connectivity index (χ1v) is 6.42. The predicted octanol–water partition coefficient (Wildman–Crippen LogP) is 1.96. The van der Waals surface area contributed by atoms with E-state index in [-0.39, 0.29) is 5.56 Å². The molecule has 0 unspecified atom stereocenters. The second-order valence-electron chi connectivity index (χ2n) is 5.09. The van der Waals surface area contributed by atoms with Crippen LogP contribution in [0, 0.1) is 5.92 Å². The van der Waals surface area contributed by atoms with Crippen molar-refractivity contribution >= 4 is 11.9 Å². The summed E-state index contributed by atoms with van der Waals surface area (Å²) in [6.07, 6.45) is -6.26. The molecule has 0 aliphatic rings. The largest absolute Gasteiger partial charge is 0.480 e. The van der Waals surface area contributed by atoms with E-state index in [1.54, 1.807) is 13.8 Å². The van der Waals surface area contributed by atoms with Gasteiger partial charge in [0.1, 0.15) is 6.04 Å². The summed E-state index contributed by atoms with van der Waals surface area (Å²) in [5, 5.41) is 20.9. The number of aliphatic hydroxyl groups is 1. The first-order valence-electron chi connectivity index (χ1n) is 6.42. The highest BCUT2D eigenvalue weighted by molar-refractivity contribution is 5.87. The number of amides is 1. The minimum absolute atomic E-state index is 0.0570. The predicted molar refractivity (Wildman–Crippen MR) is 70.8 cm³/mol. The molecular formula is C14H16F3NO4. The summed E-state index contributed by atoms with van der Waals surface area (Å²) in [5.74, 6) is -2.66. The second-order valence-corrected chi connectivity index (χ2v) is 5.09. The number of rotatable bonds is 5. The average molecular weight is 319 g/mol. The number of aliphatic hydroxyl groups excluding tert-OH is 1. The van der Waals surface area contributed by atoms with Crippen molar-refractivity contribution in [3.63, 3.8) is 0 Å². The minimum atomic E-state index is -4.52. The van der Waals surface area contributed by atoms with Gasteiger partial charge < -0.3 is 15.5 Å². The summed E-state index contributed by atoms with van der Waals surface area (Å²) in [7, 11) is 0. The van der Waals surface area contributed by atoms with Crippen LogP contribution in [0.25, 0.3) is 0 Å². The molecule has 22 heavy (non-hydrogen) atoms. The number of alkyl halides is 3. The smallest absolute Gasteiger partial charge is 0.416 e. The third-order valence-electron chi connectivity index (χ3n) is 3.03. The number of hydrogen-bond acceptors (Lipinski definition) is 3. The van der Waals surface area contributed by atoms with Crippen molar-refractivity contribution in [2.24, 2.45) is 5.92 Å². The lowest BCUT2D eigenvalue weighted by molar-refractivity contribution is -0.144. The van der Waals surface area contributed by atoms with Crippen molar-refractivity contribution in [2.45, 2.75) is 32.2 Å². The van der Waals surface area contributed by atoms with E-state index in [0.717, 1.165) is 24.3 Å². The molecule has 1 aromatic rings. The van der Waals surface area contributed by atoms with E-state index in [1.807, 2.05) is 0 Å². The van der Waals surface area contributed by atoms with Crippen molar-refractivity contribution < 1.29 is 33.0 Å². The number of carboxylic acids is 1. The molecule has 122 valence electrons. The normalized spacial score (nSPS) is 14.5. The van der Waals surface area contributed by atoms with Crippen molar-refractivity contribution in [1.82, 2.24) is 5.32 Å². The number of nitrogens with one attached hydrogen (secondary N) is 1. The molecule has 0 saturated carbocycles. The summed E-state index contributed by atoms with van der Waals surface area (Å²) in [6.45, 7) is 3.15. The standard InChI is InChI=1S/C14H16F3NO4/c1-7(2)10(13(21)22)18-12(20)11(19)8-3-5-9(6-4-8)14(15,16)17/h3-7,10-11,19H,1-2H3,(H,18,20)(H,21,22)/t10-,11-/m1/s1. The molecule has 8 heteroatoms. The summed E-state index contributed by atoms with van der Waals surface area (Å²) >= 11 is 0. The third kappa shape index (κ3) is 4.45. The number of carboxylic acid groups (broad SMARTS) is 1. The van der Waals surface area contributed by atoms with Gasteiger partial charge in [-0.1, -0.05) is 26.0 Å². The maximum atomic E-state index is 12.4. The Morgan fingerprint density at radius 3 is 2.00 bits per heavy atom. The Bertz CT molecular complexity index is 540. The monoisotopic (exact) mass is 319 g/mol. The molecule has 0 aliphatic carbocycles. The van der Waals surface area contributed by atoms with E-state index in [2.05, 4.69) is 5.32 Å². The van der Waals surface area contributed by atoms with Crippen LogP contribution in [0.2, 0.25) is 0 Å². The molecule has 2 atom stereocenters. The SMILES string of the molecule is CC(C)[C@@H](NC(=O)[C@H](O)c1ccc(C(F)(F)F)cc1)C(=O)O. The third-order valence-corrected chi connectivity index (χ3v) is 3.03. The maximum absolute atomic E-state index is 12.4. The van der Waals surface area contributed by atoms with Crippen LogP contribution in [0.4, 0.5) is 13.2 Å². The molecule has 0 aliphatic heterocycles. The molecule has 0 radical (unpaired) electrons. The fourth-order valence-corrected chi connectivity index (χ4v) is 1.75. The van der Waals surface area contributed by atoms with Gasteiger partial charge in [-0.25, -0.2) is 4.79 Å². The Balaban J connectivity index is 2.85. The maximum Gasteiger partial charge on any atom is 0.416 e. The zero-order chi connectivity index (χ0) is 17.1. The molecule has 0 fully saturated rings. The van der Waals surface area contributed by atoms with E-state index in [1.165, 1.54) is 0 Å². The van der Waals surface area contributed by atoms with Gasteiger partial charge in [-0.2, -0.15) is 13.2 Å². The number of halogens is 3. The Hall–Kier alpha value is -2.09. The fraction of sp³-hybridized carbons (Fsp3) is 0.429. The van der Waals surface area contributed by atoms with Crippen LogP contribution in [0.3, 0.4) is 0 Å². The quantitative estimate of drug-likeness (QED) is 0.774. The summed E-state index contributed by atoms with van der Waals surface area (Å²) in [6, 6.07) is 2.22. The van der Waals surface area contributed by atoms with Crippen LogP contribution >= 0.6 is 0 Å². The number of carbonyl (C=O) groups excluding carboxylic acids is 1. The lowest BCUT2D eigenvalue weighted by atomic mass is 10.0. The van der Waals surface area contributed by atoms with Crippen molar-refractivity contribution in [3.05, 3.63) is 35.4 Å². The number of carbonyl (C=O) groups is 2. The van der Waals surface area contributed by atoms with Crippen LogP contribution in [-0.4, -0.2) is 28.1 Å². The van der Waals surface area contributed by atoms with Crippen LogP contribution in [0.1, 0.15) is 31.1 Å². The van der Waals surface area contributed by atoms with Crippen LogP contribution < -0.4 is 5.32 Å². The lowest BCUT2D eigenvalue weighted by Crippen LogP contribution is -2.46. The highest BCUT2D eigenvalue weighted by Gasteiger charge is 2.31. The van der Waals surface area contributed by atoms with Crippen LogP contribution in [-0.2, 0) is 15.8 Å². The summed E-state index contributed by atoms with van der Waals surface area (Å²) in [5.41, 5.74) is -0.965. The van der Waals surface area contributed by atoms with Gasteiger partial charge >= 0.3 is 12.1 Å². The van der Waals surface area contributed by atoms with E-state index < -0.39 is 41.7 Å². The van der Waals surface area contributed by atoms with Gasteiger partial charge in [0, 0.05) is 0 Å². The molecule has 1 amide bonds. The van der Waals surface area contributed by atoms with E-state index >= 15 is 0 Å². The molecule has 0 heterocycles. The number of hydrogen-bond donors (Lipinski definition) is 3. The van der Waals surface area contributed by atoms with Gasteiger partial charge in [-0.05, 0) is 23.6 Å². The minimum Gasteiger partial charge on any atom is -0.480 e. The first kappa shape index (κ1) is 18.0. The Labute approximate surface area is 124 Å². The molecule has 3 N–H and O–H groups in total. The van der Waals surface area contributed by atoms with E-state index in [9.17, 15) is 27.9 Å². The number of aliphatic carboxylic acids is 1. The molecule has 1 aromatic carbocycles. The lowest BCUT2D eigenvalue weighted by Gasteiger charge is -2.20. The summed E-state index contributed by atoms with van der Waals surface area (Å²) in [4.78, 5) is 22.8. The summed E-state index contributed by atoms with van der Waals surface area (Å²) < 4.78 is 37.3. The fourth-order valence-electron chi connectivity index (χ4n) is 1.75. The Morgan fingerprint density at radius 2 is 1.64 bits per heavy atom.